The van der Waals surface area contributed by atoms with Crippen LogP contribution >= 0.6 is 34.5 Å². The minimum atomic E-state index is -0.0788. The number of aromatic nitrogens is 1. The fourth-order valence-electron chi connectivity index (χ4n) is 2.46. The number of nitrogens with zero attached hydrogens (tertiary/aromatic N) is 1. The van der Waals surface area contributed by atoms with Gasteiger partial charge in [0.2, 0.25) is 5.91 Å². The number of aryl methyl sites for hydroxylation is 2. The summed E-state index contributed by atoms with van der Waals surface area (Å²) in [6.45, 7) is 2.03. The highest BCUT2D eigenvalue weighted by molar-refractivity contribution is 7.15. The second-order valence-electron chi connectivity index (χ2n) is 5.81. The standard InChI is InChI=1S/C19H18Cl2N2O2S/c1-2-14-5-6-15(25-14)7-8-18(24)23-19-22-11-16(26-19)9-12-3-4-13(20)10-17(12)21/h3-6,10-11H,2,7-9H2,1H3,(H,22,23,24). The maximum absolute atomic E-state index is 12.1. The van der Waals surface area contributed by atoms with Gasteiger partial charge in [-0.05, 0) is 29.8 Å². The first-order chi connectivity index (χ1) is 12.5. The van der Waals surface area contributed by atoms with Gasteiger partial charge in [0.1, 0.15) is 11.5 Å². The Morgan fingerprint density at radius 1 is 1.23 bits per heavy atom. The molecule has 0 aliphatic rings. The Bertz CT molecular complexity index is 905. The number of furan rings is 1. The Balaban J connectivity index is 1.53. The minimum Gasteiger partial charge on any atom is -0.466 e. The molecule has 3 aromatic rings. The average molecular weight is 409 g/mol. The predicted molar refractivity (Wildman–Crippen MR) is 106 cm³/mol. The van der Waals surface area contributed by atoms with Crippen molar-refractivity contribution in [3.8, 4) is 0 Å². The molecule has 136 valence electrons. The van der Waals surface area contributed by atoms with Gasteiger partial charge >= 0.3 is 0 Å². The monoisotopic (exact) mass is 408 g/mol. The molecule has 4 nitrogen and oxygen atoms in total. The van der Waals surface area contributed by atoms with Crippen LogP contribution in [0.3, 0.4) is 0 Å². The fraction of sp³-hybridized carbons (Fsp3) is 0.263. The van der Waals surface area contributed by atoms with E-state index in [1.807, 2.05) is 31.2 Å². The Kier molecular flexibility index (Phi) is 6.35. The van der Waals surface area contributed by atoms with E-state index in [1.54, 1.807) is 12.3 Å². The van der Waals surface area contributed by atoms with Gasteiger partial charge in [-0.25, -0.2) is 4.98 Å². The van der Waals surface area contributed by atoms with Crippen molar-refractivity contribution in [3.63, 3.8) is 0 Å². The third-order valence-electron chi connectivity index (χ3n) is 3.84. The number of amides is 1. The zero-order valence-corrected chi connectivity index (χ0v) is 16.5. The number of thiazole rings is 1. The van der Waals surface area contributed by atoms with Crippen LogP contribution in [0.1, 0.15) is 35.3 Å². The van der Waals surface area contributed by atoms with Gasteiger partial charge in [0.05, 0.1) is 0 Å². The number of hydrogen-bond acceptors (Lipinski definition) is 4. The maximum atomic E-state index is 12.1. The quantitative estimate of drug-likeness (QED) is 0.539. The molecule has 0 aliphatic heterocycles. The van der Waals surface area contributed by atoms with Gasteiger partial charge in [0, 0.05) is 46.8 Å². The number of anilines is 1. The van der Waals surface area contributed by atoms with E-state index in [4.69, 9.17) is 27.6 Å². The van der Waals surface area contributed by atoms with E-state index >= 15 is 0 Å². The van der Waals surface area contributed by atoms with E-state index in [1.165, 1.54) is 11.3 Å². The molecule has 0 spiro atoms. The molecule has 0 radical (unpaired) electrons. The van der Waals surface area contributed by atoms with Crippen molar-refractivity contribution >= 4 is 45.6 Å². The van der Waals surface area contributed by atoms with Gasteiger partial charge in [-0.15, -0.1) is 11.3 Å². The first-order valence-corrected chi connectivity index (χ1v) is 9.87. The van der Waals surface area contributed by atoms with Crippen LogP contribution in [-0.2, 0) is 24.1 Å². The first-order valence-electron chi connectivity index (χ1n) is 8.29. The van der Waals surface area contributed by atoms with E-state index in [0.717, 1.165) is 28.4 Å². The lowest BCUT2D eigenvalue weighted by molar-refractivity contribution is -0.116. The summed E-state index contributed by atoms with van der Waals surface area (Å²) in [4.78, 5) is 17.4. The van der Waals surface area contributed by atoms with Crippen molar-refractivity contribution in [2.45, 2.75) is 32.6 Å². The summed E-state index contributed by atoms with van der Waals surface area (Å²) in [6.07, 6.45) is 4.19. The molecule has 1 amide bonds. The second kappa shape index (κ2) is 8.71. The SMILES string of the molecule is CCc1ccc(CCC(=O)Nc2ncc(Cc3ccc(Cl)cc3Cl)s2)o1. The molecule has 1 aromatic carbocycles. The molecule has 3 rings (SSSR count). The van der Waals surface area contributed by atoms with Gasteiger partial charge in [-0.1, -0.05) is 36.2 Å². The maximum Gasteiger partial charge on any atom is 0.226 e. The highest BCUT2D eigenvalue weighted by atomic mass is 35.5. The molecule has 0 aliphatic carbocycles. The van der Waals surface area contributed by atoms with E-state index in [0.29, 0.717) is 34.4 Å². The highest BCUT2D eigenvalue weighted by Gasteiger charge is 2.10. The van der Waals surface area contributed by atoms with Gasteiger partial charge in [0.15, 0.2) is 5.13 Å². The molecule has 1 N–H and O–H groups in total. The lowest BCUT2D eigenvalue weighted by Gasteiger charge is -2.02. The number of carbonyl (C=O) groups excluding carboxylic acids is 1. The molecular formula is C19H18Cl2N2O2S. The Morgan fingerprint density at radius 2 is 2.04 bits per heavy atom. The zero-order chi connectivity index (χ0) is 18.5. The van der Waals surface area contributed by atoms with Crippen LogP contribution in [0.25, 0.3) is 0 Å². The summed E-state index contributed by atoms with van der Waals surface area (Å²) < 4.78 is 5.61. The lowest BCUT2D eigenvalue weighted by Crippen LogP contribution is -2.11. The topological polar surface area (TPSA) is 55.1 Å². The molecule has 0 atom stereocenters. The van der Waals surface area contributed by atoms with Crippen molar-refractivity contribution in [2.24, 2.45) is 0 Å². The zero-order valence-electron chi connectivity index (χ0n) is 14.2. The summed E-state index contributed by atoms with van der Waals surface area (Å²) in [5.41, 5.74) is 0.974. The summed E-state index contributed by atoms with van der Waals surface area (Å²) >= 11 is 13.6. The smallest absolute Gasteiger partial charge is 0.226 e. The molecule has 7 heteroatoms. The molecule has 2 heterocycles. The van der Waals surface area contributed by atoms with E-state index in [2.05, 4.69) is 10.3 Å². The van der Waals surface area contributed by atoms with E-state index in [-0.39, 0.29) is 5.91 Å². The average Bonchev–Trinajstić information content (AvgIpc) is 3.25. The molecule has 0 unspecified atom stereocenters. The van der Waals surface area contributed by atoms with Gasteiger partial charge in [0.25, 0.3) is 0 Å². The molecule has 0 fully saturated rings. The minimum absolute atomic E-state index is 0.0788. The molecule has 0 saturated carbocycles. The summed E-state index contributed by atoms with van der Waals surface area (Å²) in [6, 6.07) is 9.30. The number of nitrogens with one attached hydrogen (secondary N) is 1. The fourth-order valence-corrected chi connectivity index (χ4v) is 3.79. The summed E-state index contributed by atoms with van der Waals surface area (Å²) in [5.74, 6) is 1.69. The summed E-state index contributed by atoms with van der Waals surface area (Å²) in [7, 11) is 0. The number of benzene rings is 1. The van der Waals surface area contributed by atoms with Crippen molar-refractivity contribution in [2.75, 3.05) is 5.32 Å². The van der Waals surface area contributed by atoms with Crippen molar-refractivity contribution in [1.29, 1.82) is 0 Å². The number of rotatable bonds is 7. The van der Waals surface area contributed by atoms with Crippen LogP contribution in [0.4, 0.5) is 5.13 Å². The molecule has 0 saturated heterocycles. The molecule has 0 bridgehead atoms. The van der Waals surface area contributed by atoms with Crippen molar-refractivity contribution < 1.29 is 9.21 Å². The third-order valence-corrected chi connectivity index (χ3v) is 5.34. The van der Waals surface area contributed by atoms with Crippen LogP contribution in [0, 0.1) is 0 Å². The third kappa shape index (κ3) is 5.10. The number of hydrogen-bond donors (Lipinski definition) is 1. The number of halogens is 2. The van der Waals surface area contributed by atoms with Crippen LogP contribution in [0.15, 0.2) is 40.9 Å². The lowest BCUT2D eigenvalue weighted by atomic mass is 10.1. The van der Waals surface area contributed by atoms with E-state index in [9.17, 15) is 4.79 Å². The number of carbonyl (C=O) groups is 1. The summed E-state index contributed by atoms with van der Waals surface area (Å²) in [5, 5.41) is 4.66. The predicted octanol–water partition coefficient (Wildman–Crippen LogP) is 5.77. The van der Waals surface area contributed by atoms with Gasteiger partial charge < -0.3 is 9.73 Å². The van der Waals surface area contributed by atoms with Gasteiger partial charge in [-0.3, -0.25) is 4.79 Å². The Hall–Kier alpha value is -1.82. The first kappa shape index (κ1) is 19.0. The van der Waals surface area contributed by atoms with Crippen LogP contribution in [0.2, 0.25) is 10.0 Å². The van der Waals surface area contributed by atoms with Crippen LogP contribution in [0.5, 0.6) is 0 Å². The van der Waals surface area contributed by atoms with Crippen LogP contribution in [-0.4, -0.2) is 10.9 Å². The molecule has 26 heavy (non-hydrogen) atoms. The Labute approximate surface area is 166 Å². The second-order valence-corrected chi connectivity index (χ2v) is 7.77. The largest absolute Gasteiger partial charge is 0.466 e. The highest BCUT2D eigenvalue weighted by Crippen LogP contribution is 2.27. The van der Waals surface area contributed by atoms with Crippen molar-refractivity contribution in [1.82, 2.24) is 4.98 Å². The normalized spacial score (nSPS) is 10.9. The Morgan fingerprint density at radius 3 is 2.77 bits per heavy atom. The van der Waals surface area contributed by atoms with Crippen molar-refractivity contribution in [3.05, 3.63) is 68.5 Å². The van der Waals surface area contributed by atoms with E-state index < -0.39 is 0 Å². The molecule has 2 aromatic heterocycles. The van der Waals surface area contributed by atoms with Crippen LogP contribution < -0.4 is 5.32 Å². The molecular weight excluding hydrogens is 391 g/mol. The van der Waals surface area contributed by atoms with Gasteiger partial charge in [-0.2, -0.15) is 0 Å².